The lowest BCUT2D eigenvalue weighted by atomic mass is 10.2. The number of piperazine rings is 1. The SMILES string of the molecule is Nc1nc(CN2CCN(c3ccccn3)CC2)nc(NCc2ccccc2)n1. The Balaban J connectivity index is 1.34. The number of nitrogens with two attached hydrogens (primary N) is 1. The number of nitrogens with zero attached hydrogens (tertiary/aromatic N) is 6. The maximum Gasteiger partial charge on any atom is 0.228 e. The van der Waals surface area contributed by atoms with Crippen LogP contribution in [0.1, 0.15) is 11.4 Å². The molecular formula is C20H24N8. The third-order valence-corrected chi connectivity index (χ3v) is 4.70. The first-order valence-corrected chi connectivity index (χ1v) is 9.43. The van der Waals surface area contributed by atoms with Gasteiger partial charge in [-0.15, -0.1) is 0 Å². The van der Waals surface area contributed by atoms with Gasteiger partial charge in [-0.2, -0.15) is 15.0 Å². The fourth-order valence-corrected chi connectivity index (χ4v) is 3.24. The minimum atomic E-state index is 0.243. The first-order valence-electron chi connectivity index (χ1n) is 9.43. The van der Waals surface area contributed by atoms with Crippen LogP contribution >= 0.6 is 0 Å². The highest BCUT2D eigenvalue weighted by molar-refractivity contribution is 5.38. The molecule has 1 aliphatic rings. The number of nitrogens with one attached hydrogen (secondary N) is 1. The van der Waals surface area contributed by atoms with Crippen molar-refractivity contribution in [2.45, 2.75) is 13.1 Å². The summed E-state index contributed by atoms with van der Waals surface area (Å²) in [4.78, 5) is 22.1. The summed E-state index contributed by atoms with van der Waals surface area (Å²) in [5.41, 5.74) is 7.06. The van der Waals surface area contributed by atoms with E-state index in [0.29, 0.717) is 24.9 Å². The van der Waals surface area contributed by atoms with Crippen LogP contribution in [0.25, 0.3) is 0 Å². The Morgan fingerprint density at radius 1 is 0.893 bits per heavy atom. The number of hydrogen-bond acceptors (Lipinski definition) is 8. The molecule has 144 valence electrons. The highest BCUT2D eigenvalue weighted by atomic mass is 15.3. The molecular weight excluding hydrogens is 352 g/mol. The average molecular weight is 376 g/mol. The van der Waals surface area contributed by atoms with Gasteiger partial charge in [0.25, 0.3) is 0 Å². The molecule has 0 saturated carbocycles. The van der Waals surface area contributed by atoms with Gasteiger partial charge >= 0.3 is 0 Å². The molecule has 0 radical (unpaired) electrons. The van der Waals surface area contributed by atoms with Gasteiger partial charge in [-0.25, -0.2) is 4.98 Å². The second kappa shape index (κ2) is 8.62. The second-order valence-corrected chi connectivity index (χ2v) is 6.72. The Bertz CT molecular complexity index is 879. The van der Waals surface area contributed by atoms with Crippen LogP contribution in [-0.4, -0.2) is 51.0 Å². The minimum Gasteiger partial charge on any atom is -0.368 e. The Morgan fingerprint density at radius 2 is 1.68 bits per heavy atom. The van der Waals surface area contributed by atoms with Crippen LogP contribution in [-0.2, 0) is 13.1 Å². The molecule has 2 aromatic heterocycles. The molecule has 0 spiro atoms. The van der Waals surface area contributed by atoms with E-state index < -0.39 is 0 Å². The molecule has 28 heavy (non-hydrogen) atoms. The minimum absolute atomic E-state index is 0.243. The van der Waals surface area contributed by atoms with Gasteiger partial charge in [0.15, 0.2) is 0 Å². The Kier molecular flexibility index (Phi) is 5.58. The second-order valence-electron chi connectivity index (χ2n) is 6.72. The summed E-state index contributed by atoms with van der Waals surface area (Å²) in [5.74, 6) is 2.47. The van der Waals surface area contributed by atoms with Crippen molar-refractivity contribution in [3.05, 3.63) is 66.1 Å². The van der Waals surface area contributed by atoms with Crippen LogP contribution in [0.3, 0.4) is 0 Å². The quantitative estimate of drug-likeness (QED) is 0.672. The number of rotatable bonds is 6. The molecule has 0 unspecified atom stereocenters. The third-order valence-electron chi connectivity index (χ3n) is 4.70. The van der Waals surface area contributed by atoms with Gasteiger partial charge in [0.05, 0.1) is 6.54 Å². The number of pyridine rings is 1. The normalized spacial score (nSPS) is 14.8. The predicted octanol–water partition coefficient (Wildman–Crippen LogP) is 1.78. The number of nitrogen functional groups attached to an aromatic ring is 1. The molecule has 1 aromatic carbocycles. The van der Waals surface area contributed by atoms with E-state index in [9.17, 15) is 0 Å². The summed E-state index contributed by atoms with van der Waals surface area (Å²) in [6.45, 7) is 5.01. The molecule has 1 fully saturated rings. The van der Waals surface area contributed by atoms with E-state index in [4.69, 9.17) is 5.73 Å². The van der Waals surface area contributed by atoms with E-state index in [1.54, 1.807) is 0 Å². The van der Waals surface area contributed by atoms with E-state index >= 15 is 0 Å². The molecule has 0 bridgehead atoms. The topological polar surface area (TPSA) is 96.1 Å². The van der Waals surface area contributed by atoms with Crippen LogP contribution in [0.5, 0.6) is 0 Å². The smallest absolute Gasteiger partial charge is 0.228 e. The van der Waals surface area contributed by atoms with Crippen molar-refractivity contribution in [1.82, 2.24) is 24.8 Å². The monoisotopic (exact) mass is 376 g/mol. The van der Waals surface area contributed by atoms with Crippen molar-refractivity contribution in [1.29, 1.82) is 0 Å². The summed E-state index contributed by atoms with van der Waals surface area (Å²) in [6, 6.07) is 16.1. The maximum atomic E-state index is 5.89. The summed E-state index contributed by atoms with van der Waals surface area (Å²) < 4.78 is 0. The third kappa shape index (κ3) is 4.72. The molecule has 1 saturated heterocycles. The van der Waals surface area contributed by atoms with E-state index in [1.165, 1.54) is 0 Å². The summed E-state index contributed by atoms with van der Waals surface area (Å²) >= 11 is 0. The van der Waals surface area contributed by atoms with Crippen molar-refractivity contribution < 1.29 is 0 Å². The van der Waals surface area contributed by atoms with Crippen LogP contribution in [0.4, 0.5) is 17.7 Å². The fraction of sp³-hybridized carbons (Fsp3) is 0.300. The molecule has 0 aliphatic carbocycles. The van der Waals surface area contributed by atoms with Crippen LogP contribution in [0.2, 0.25) is 0 Å². The average Bonchev–Trinajstić information content (AvgIpc) is 2.74. The Morgan fingerprint density at radius 3 is 2.43 bits per heavy atom. The Labute approximate surface area is 164 Å². The highest BCUT2D eigenvalue weighted by Crippen LogP contribution is 2.14. The predicted molar refractivity (Wildman–Crippen MR) is 110 cm³/mol. The molecule has 0 amide bonds. The Hall–Kier alpha value is -3.26. The van der Waals surface area contributed by atoms with Gasteiger partial charge in [0.2, 0.25) is 11.9 Å². The molecule has 3 aromatic rings. The van der Waals surface area contributed by atoms with Crippen LogP contribution in [0, 0.1) is 0 Å². The molecule has 1 aliphatic heterocycles. The van der Waals surface area contributed by atoms with E-state index in [-0.39, 0.29) is 5.95 Å². The zero-order valence-corrected chi connectivity index (χ0v) is 15.7. The summed E-state index contributed by atoms with van der Waals surface area (Å²) in [6.07, 6.45) is 1.83. The largest absolute Gasteiger partial charge is 0.368 e. The fourth-order valence-electron chi connectivity index (χ4n) is 3.24. The molecule has 3 heterocycles. The zero-order chi connectivity index (χ0) is 19.2. The standard InChI is InChI=1S/C20H24N8/c21-19-24-17(25-20(26-19)23-14-16-6-2-1-3-7-16)15-27-10-12-28(13-11-27)18-8-4-5-9-22-18/h1-9H,10-15H2,(H3,21,23,24,25,26). The van der Waals surface area contributed by atoms with Gasteiger partial charge in [0, 0.05) is 38.9 Å². The molecule has 3 N–H and O–H groups in total. The zero-order valence-electron chi connectivity index (χ0n) is 15.7. The van der Waals surface area contributed by atoms with Gasteiger partial charge in [0.1, 0.15) is 11.6 Å². The first-order chi connectivity index (χ1) is 13.8. The van der Waals surface area contributed by atoms with Crippen LogP contribution in [0.15, 0.2) is 54.7 Å². The van der Waals surface area contributed by atoms with Crippen LogP contribution < -0.4 is 16.0 Å². The van der Waals surface area contributed by atoms with Crippen molar-refractivity contribution in [2.24, 2.45) is 0 Å². The van der Waals surface area contributed by atoms with E-state index in [1.807, 2.05) is 42.6 Å². The number of benzene rings is 1. The van der Waals surface area contributed by atoms with E-state index in [2.05, 4.69) is 47.2 Å². The van der Waals surface area contributed by atoms with Gasteiger partial charge in [-0.1, -0.05) is 36.4 Å². The van der Waals surface area contributed by atoms with Crippen molar-refractivity contribution in [2.75, 3.05) is 42.1 Å². The lowest BCUT2D eigenvalue weighted by Gasteiger charge is -2.34. The van der Waals surface area contributed by atoms with E-state index in [0.717, 1.165) is 37.6 Å². The van der Waals surface area contributed by atoms with Crippen molar-refractivity contribution >= 4 is 17.7 Å². The van der Waals surface area contributed by atoms with Crippen molar-refractivity contribution in [3.8, 4) is 0 Å². The van der Waals surface area contributed by atoms with Crippen molar-refractivity contribution in [3.63, 3.8) is 0 Å². The number of aromatic nitrogens is 4. The summed E-state index contributed by atoms with van der Waals surface area (Å²) in [7, 11) is 0. The van der Waals surface area contributed by atoms with Gasteiger partial charge in [-0.05, 0) is 17.7 Å². The molecule has 0 atom stereocenters. The molecule has 4 rings (SSSR count). The lowest BCUT2D eigenvalue weighted by Crippen LogP contribution is -2.46. The van der Waals surface area contributed by atoms with Gasteiger partial charge < -0.3 is 16.0 Å². The van der Waals surface area contributed by atoms with Gasteiger partial charge in [-0.3, -0.25) is 4.90 Å². The first kappa shape index (κ1) is 18.1. The highest BCUT2D eigenvalue weighted by Gasteiger charge is 2.19. The molecule has 8 nitrogen and oxygen atoms in total. The summed E-state index contributed by atoms with van der Waals surface area (Å²) in [5, 5.41) is 3.23. The molecule has 8 heteroatoms. The number of anilines is 3. The lowest BCUT2D eigenvalue weighted by molar-refractivity contribution is 0.243. The number of hydrogen-bond donors (Lipinski definition) is 2. The maximum absolute atomic E-state index is 5.89.